The number of aryl methyl sites for hydroxylation is 3. The van der Waals surface area contributed by atoms with Gasteiger partial charge in [-0.15, -0.1) is 0 Å². The Morgan fingerprint density at radius 3 is 2.68 bits per heavy atom. The van der Waals surface area contributed by atoms with Gasteiger partial charge >= 0.3 is 5.97 Å². The molecule has 174 valence electrons. The number of nitrogens with one attached hydrogen (secondary N) is 1. The molecule has 0 fully saturated rings. The van der Waals surface area contributed by atoms with Gasteiger partial charge in [-0.05, 0) is 50.5 Å². The molecule has 0 spiro atoms. The van der Waals surface area contributed by atoms with E-state index in [4.69, 9.17) is 4.74 Å². The molecule has 1 amide bonds. The number of anilines is 1. The summed E-state index contributed by atoms with van der Waals surface area (Å²) in [5, 5.41) is 19.0. The average molecular weight is 461 g/mol. The van der Waals surface area contributed by atoms with Gasteiger partial charge in [-0.1, -0.05) is 18.2 Å². The quantitative estimate of drug-likeness (QED) is 0.252. The molecule has 4 rings (SSSR count). The molecule has 0 saturated carbocycles. The molecule has 0 saturated heterocycles. The van der Waals surface area contributed by atoms with Gasteiger partial charge in [0, 0.05) is 35.3 Å². The number of benzene rings is 2. The maximum atomic E-state index is 12.3. The molecule has 0 unspecified atom stereocenters. The molecule has 1 N–H and O–H groups in total. The number of non-ortho nitro benzene ring substituents is 1. The van der Waals surface area contributed by atoms with Gasteiger partial charge in [0.15, 0.2) is 12.3 Å². The van der Waals surface area contributed by atoms with Crippen LogP contribution in [0, 0.1) is 30.9 Å². The summed E-state index contributed by atoms with van der Waals surface area (Å²) in [5.41, 5.74) is 5.03. The van der Waals surface area contributed by atoms with Gasteiger partial charge in [-0.3, -0.25) is 19.7 Å². The Balaban J connectivity index is 1.38. The van der Waals surface area contributed by atoms with Gasteiger partial charge in [0.1, 0.15) is 0 Å². The van der Waals surface area contributed by atoms with E-state index in [1.807, 2.05) is 38.1 Å². The third-order valence-corrected chi connectivity index (χ3v) is 5.67. The molecular weight excluding hydrogens is 438 g/mol. The number of ether oxygens (including phenoxy) is 1. The van der Waals surface area contributed by atoms with Crippen molar-refractivity contribution in [2.45, 2.75) is 33.6 Å². The summed E-state index contributed by atoms with van der Waals surface area (Å²) in [7, 11) is 0. The number of amides is 1. The van der Waals surface area contributed by atoms with Crippen LogP contribution in [0.5, 0.6) is 0 Å². The van der Waals surface area contributed by atoms with E-state index in [9.17, 15) is 19.7 Å². The van der Waals surface area contributed by atoms with E-state index in [0.29, 0.717) is 17.7 Å². The van der Waals surface area contributed by atoms with E-state index in [-0.39, 0.29) is 12.1 Å². The molecule has 2 aromatic carbocycles. The molecule has 2 aromatic heterocycles. The summed E-state index contributed by atoms with van der Waals surface area (Å²) >= 11 is 0. The first-order chi connectivity index (χ1) is 16.2. The number of fused-ring (bicyclic) bond motifs is 3. The van der Waals surface area contributed by atoms with Gasteiger partial charge in [0.05, 0.1) is 16.1 Å². The Labute approximate surface area is 194 Å². The molecule has 10 nitrogen and oxygen atoms in total. The first-order valence-corrected chi connectivity index (χ1v) is 10.7. The zero-order chi connectivity index (χ0) is 24.4. The highest BCUT2D eigenvalue weighted by Gasteiger charge is 2.16. The van der Waals surface area contributed by atoms with E-state index in [1.54, 1.807) is 11.4 Å². The normalized spacial score (nSPS) is 11.0. The molecule has 0 bridgehead atoms. The molecule has 0 aliphatic heterocycles. The van der Waals surface area contributed by atoms with Crippen molar-refractivity contribution < 1.29 is 19.2 Å². The van der Waals surface area contributed by atoms with Crippen LogP contribution >= 0.6 is 0 Å². The van der Waals surface area contributed by atoms with E-state index in [0.717, 1.165) is 33.5 Å². The number of nitrogens with zero attached hydrogens (tertiary/aromatic N) is 4. The summed E-state index contributed by atoms with van der Waals surface area (Å²) in [6.45, 7) is 5.05. The van der Waals surface area contributed by atoms with Crippen LogP contribution < -0.4 is 5.32 Å². The lowest BCUT2D eigenvalue weighted by Crippen LogP contribution is -2.21. The number of nitro groups is 1. The highest BCUT2D eigenvalue weighted by Crippen LogP contribution is 2.23. The fourth-order valence-electron chi connectivity index (χ4n) is 3.83. The number of aromatic nitrogens is 3. The number of hydrogen-bond donors (Lipinski definition) is 1. The fourth-order valence-corrected chi connectivity index (χ4v) is 3.83. The molecule has 0 atom stereocenters. The molecule has 0 aliphatic carbocycles. The van der Waals surface area contributed by atoms with Crippen LogP contribution in [0.2, 0.25) is 0 Å². The molecule has 4 aromatic rings. The largest absolute Gasteiger partial charge is 0.456 e. The standard InChI is InChI=1S/C24H23N5O5/c1-14-8-9-17(29(32)33)12-21(14)26-22(30)13-34-23(31)11-10-18-15(2)25-24-19-6-4-5-7-20(19)27-28(24)16(18)3/h4-9,12H,10-11,13H2,1-3H3,(H,26,30). The second kappa shape index (κ2) is 9.26. The van der Waals surface area contributed by atoms with Crippen LogP contribution in [0.25, 0.3) is 16.6 Å². The predicted octanol–water partition coefficient (Wildman–Crippen LogP) is 3.83. The summed E-state index contributed by atoms with van der Waals surface area (Å²) < 4.78 is 6.89. The van der Waals surface area contributed by atoms with Crippen LogP contribution in [0.15, 0.2) is 42.5 Å². The van der Waals surface area contributed by atoms with Crippen molar-refractivity contribution in [1.29, 1.82) is 0 Å². The summed E-state index contributed by atoms with van der Waals surface area (Å²) in [6.07, 6.45) is 0.458. The lowest BCUT2D eigenvalue weighted by atomic mass is 10.1. The van der Waals surface area contributed by atoms with E-state index < -0.39 is 23.4 Å². The van der Waals surface area contributed by atoms with Crippen LogP contribution in [0.3, 0.4) is 0 Å². The minimum Gasteiger partial charge on any atom is -0.456 e. The number of carbonyl (C=O) groups is 2. The molecule has 34 heavy (non-hydrogen) atoms. The van der Waals surface area contributed by atoms with Crippen LogP contribution in [0.1, 0.15) is 28.9 Å². The highest BCUT2D eigenvalue weighted by molar-refractivity contribution is 5.94. The van der Waals surface area contributed by atoms with E-state index >= 15 is 0 Å². The fraction of sp³-hybridized carbons (Fsp3) is 0.250. The van der Waals surface area contributed by atoms with Crippen molar-refractivity contribution in [3.05, 3.63) is 75.1 Å². The van der Waals surface area contributed by atoms with Gasteiger partial charge in [0.25, 0.3) is 11.6 Å². The van der Waals surface area contributed by atoms with Gasteiger partial charge in [0.2, 0.25) is 0 Å². The first-order valence-electron chi connectivity index (χ1n) is 10.7. The minimum absolute atomic E-state index is 0.0682. The van der Waals surface area contributed by atoms with Crippen molar-refractivity contribution in [3.8, 4) is 0 Å². The highest BCUT2D eigenvalue weighted by atomic mass is 16.6. The predicted molar refractivity (Wildman–Crippen MR) is 126 cm³/mol. The summed E-state index contributed by atoms with van der Waals surface area (Å²) in [4.78, 5) is 39.5. The zero-order valence-electron chi connectivity index (χ0n) is 19.0. The Bertz CT molecular complexity index is 1440. The second-order valence-electron chi connectivity index (χ2n) is 7.98. The molecule has 2 heterocycles. The molecule has 10 heteroatoms. The van der Waals surface area contributed by atoms with E-state index in [1.165, 1.54) is 18.2 Å². The lowest BCUT2D eigenvalue weighted by molar-refractivity contribution is -0.384. The SMILES string of the molecule is Cc1ccc([N+](=O)[O-])cc1NC(=O)COC(=O)CCc1c(C)nc2c3ccccc3nn2c1C. The third kappa shape index (κ3) is 4.56. The van der Waals surface area contributed by atoms with Crippen molar-refractivity contribution in [3.63, 3.8) is 0 Å². The molecular formula is C24H23N5O5. The maximum absolute atomic E-state index is 12.3. The van der Waals surface area contributed by atoms with Crippen molar-refractivity contribution in [2.75, 3.05) is 11.9 Å². The number of rotatable bonds is 7. The number of nitro benzene ring substituents is 1. The molecule has 0 aliphatic rings. The Hall–Kier alpha value is -4.34. The second-order valence-corrected chi connectivity index (χ2v) is 7.98. The number of esters is 1. The van der Waals surface area contributed by atoms with Crippen molar-refractivity contribution in [2.24, 2.45) is 0 Å². The van der Waals surface area contributed by atoms with E-state index in [2.05, 4.69) is 15.4 Å². The van der Waals surface area contributed by atoms with Gasteiger partial charge in [-0.2, -0.15) is 5.10 Å². The minimum atomic E-state index is -0.573. The molecule has 0 radical (unpaired) electrons. The number of hydrogen-bond acceptors (Lipinski definition) is 7. The van der Waals surface area contributed by atoms with Crippen LogP contribution in [0.4, 0.5) is 11.4 Å². The summed E-state index contributed by atoms with van der Waals surface area (Å²) in [6, 6.07) is 11.9. The maximum Gasteiger partial charge on any atom is 0.306 e. The third-order valence-electron chi connectivity index (χ3n) is 5.67. The monoisotopic (exact) mass is 461 g/mol. The Morgan fingerprint density at radius 1 is 1.15 bits per heavy atom. The average Bonchev–Trinajstić information content (AvgIpc) is 3.17. The van der Waals surface area contributed by atoms with Gasteiger partial charge in [-0.25, -0.2) is 9.50 Å². The van der Waals surface area contributed by atoms with Crippen molar-refractivity contribution in [1.82, 2.24) is 14.6 Å². The van der Waals surface area contributed by atoms with Gasteiger partial charge < -0.3 is 10.1 Å². The number of carbonyl (C=O) groups excluding carboxylic acids is 2. The topological polar surface area (TPSA) is 129 Å². The lowest BCUT2D eigenvalue weighted by Gasteiger charge is -2.11. The van der Waals surface area contributed by atoms with Crippen molar-refractivity contribution >= 4 is 39.8 Å². The summed E-state index contributed by atoms with van der Waals surface area (Å²) in [5.74, 6) is -1.11. The Morgan fingerprint density at radius 2 is 1.91 bits per heavy atom. The smallest absolute Gasteiger partial charge is 0.306 e. The Kier molecular flexibility index (Phi) is 6.22. The van der Waals surface area contributed by atoms with Crippen LogP contribution in [-0.2, 0) is 20.7 Å². The first kappa shape index (κ1) is 22.8. The zero-order valence-corrected chi connectivity index (χ0v) is 19.0. The van der Waals surface area contributed by atoms with Crippen LogP contribution in [-0.4, -0.2) is 38.0 Å².